The van der Waals surface area contributed by atoms with Gasteiger partial charge in [-0.2, -0.15) is 0 Å². The zero-order valence-electron chi connectivity index (χ0n) is 8.82. The van der Waals surface area contributed by atoms with Crippen molar-refractivity contribution in [2.45, 2.75) is 53.1 Å². The van der Waals surface area contributed by atoms with Gasteiger partial charge in [0.15, 0.2) is 0 Å². The highest BCUT2D eigenvalue weighted by Gasteiger charge is 2.19. The third kappa shape index (κ3) is 6.57. The summed E-state index contributed by atoms with van der Waals surface area (Å²) in [6.07, 6.45) is 2.41. The molecule has 0 aliphatic heterocycles. The van der Waals surface area contributed by atoms with Gasteiger partial charge in [0.1, 0.15) is 10.5 Å². The Morgan fingerprint density at radius 3 is 1.73 bits per heavy atom. The molecule has 1 nitrogen and oxygen atoms in total. The molecule has 0 fully saturated rings. The van der Waals surface area contributed by atoms with E-state index in [0.29, 0.717) is 5.41 Å². The van der Waals surface area contributed by atoms with Crippen molar-refractivity contribution in [3.05, 3.63) is 0 Å². The van der Waals surface area contributed by atoms with Crippen molar-refractivity contribution in [3.8, 4) is 0 Å². The van der Waals surface area contributed by atoms with Gasteiger partial charge in [0, 0.05) is 5.60 Å². The van der Waals surface area contributed by atoms with Crippen molar-refractivity contribution >= 4 is 10.5 Å². The van der Waals surface area contributed by atoms with E-state index in [1.54, 1.807) is 0 Å². The van der Waals surface area contributed by atoms with E-state index in [9.17, 15) is 0 Å². The summed E-state index contributed by atoms with van der Waals surface area (Å²) in [4.78, 5) is 0. The molecule has 0 rings (SSSR count). The molecule has 0 saturated carbocycles. The van der Waals surface area contributed by atoms with Crippen LogP contribution in [-0.4, -0.2) is 16.1 Å². The maximum absolute atomic E-state index is 5.47. The molecule has 0 spiro atoms. The summed E-state index contributed by atoms with van der Waals surface area (Å²) in [5, 5.41) is 0. The second-order valence-corrected chi connectivity index (χ2v) is 5.43. The lowest BCUT2D eigenvalue weighted by molar-refractivity contribution is 0.0963. The molecule has 0 aliphatic rings. The van der Waals surface area contributed by atoms with Gasteiger partial charge in [0.25, 0.3) is 0 Å². The first kappa shape index (κ1) is 11.2. The van der Waals surface area contributed by atoms with Crippen LogP contribution in [0.25, 0.3) is 0 Å². The SMILES string of the molecule is CC(C)(C)CCC(C)(C)O[SiH3]. The smallest absolute Gasteiger partial charge is 0.146 e. The van der Waals surface area contributed by atoms with Crippen molar-refractivity contribution in [1.29, 1.82) is 0 Å². The Balaban J connectivity index is 3.70. The van der Waals surface area contributed by atoms with Gasteiger partial charge >= 0.3 is 0 Å². The zero-order valence-corrected chi connectivity index (χ0v) is 10.8. The Morgan fingerprint density at radius 1 is 1.00 bits per heavy atom. The standard InChI is InChI=1S/C9H22OSi/c1-8(2,3)6-7-9(4,5)10-11/h6-7H2,1-5,11H3. The predicted molar refractivity (Wildman–Crippen MR) is 53.8 cm³/mol. The molecule has 0 saturated heterocycles. The summed E-state index contributed by atoms with van der Waals surface area (Å²) < 4.78 is 5.47. The quantitative estimate of drug-likeness (QED) is 0.594. The van der Waals surface area contributed by atoms with Crippen LogP contribution in [0, 0.1) is 5.41 Å². The van der Waals surface area contributed by atoms with E-state index in [-0.39, 0.29) is 5.60 Å². The average Bonchev–Trinajstić information content (AvgIpc) is 1.83. The minimum Gasteiger partial charge on any atom is -0.423 e. The number of hydrogen-bond acceptors (Lipinski definition) is 1. The Morgan fingerprint density at radius 2 is 1.45 bits per heavy atom. The minimum absolute atomic E-state index is 0.111. The lowest BCUT2D eigenvalue weighted by Crippen LogP contribution is -2.25. The van der Waals surface area contributed by atoms with Crippen LogP contribution in [-0.2, 0) is 4.43 Å². The highest BCUT2D eigenvalue weighted by Crippen LogP contribution is 2.26. The Labute approximate surface area is 74.1 Å². The molecule has 0 heterocycles. The lowest BCUT2D eigenvalue weighted by Gasteiger charge is -2.28. The molecule has 0 radical (unpaired) electrons. The Kier molecular flexibility index (Phi) is 3.78. The first-order valence-electron chi connectivity index (χ1n) is 4.32. The predicted octanol–water partition coefficient (Wildman–Crippen LogP) is 1.89. The van der Waals surface area contributed by atoms with E-state index in [2.05, 4.69) is 34.6 Å². The fraction of sp³-hybridized carbons (Fsp3) is 1.00. The number of hydrogen-bond donors (Lipinski definition) is 0. The topological polar surface area (TPSA) is 9.23 Å². The van der Waals surface area contributed by atoms with E-state index < -0.39 is 0 Å². The maximum Gasteiger partial charge on any atom is 0.146 e. The van der Waals surface area contributed by atoms with Gasteiger partial charge in [0.05, 0.1) is 0 Å². The molecule has 0 amide bonds. The van der Waals surface area contributed by atoms with Crippen molar-refractivity contribution < 1.29 is 4.43 Å². The van der Waals surface area contributed by atoms with Crippen LogP contribution in [0.4, 0.5) is 0 Å². The second kappa shape index (κ2) is 3.72. The van der Waals surface area contributed by atoms with Gasteiger partial charge < -0.3 is 4.43 Å². The number of rotatable bonds is 3. The highest BCUT2D eigenvalue weighted by atomic mass is 28.2. The molecule has 0 N–H and O–H groups in total. The molecule has 2 heteroatoms. The van der Waals surface area contributed by atoms with Crippen LogP contribution >= 0.6 is 0 Å². The summed E-state index contributed by atoms with van der Waals surface area (Å²) in [5.41, 5.74) is 0.552. The van der Waals surface area contributed by atoms with Gasteiger partial charge in [-0.25, -0.2) is 0 Å². The van der Waals surface area contributed by atoms with Crippen LogP contribution in [0.2, 0.25) is 0 Å². The van der Waals surface area contributed by atoms with E-state index in [1.807, 2.05) is 0 Å². The first-order valence-corrected chi connectivity index (χ1v) is 5.14. The van der Waals surface area contributed by atoms with Gasteiger partial charge in [-0.3, -0.25) is 0 Å². The molecule has 0 aromatic heterocycles. The average molecular weight is 174 g/mol. The van der Waals surface area contributed by atoms with Crippen LogP contribution in [0.5, 0.6) is 0 Å². The summed E-state index contributed by atoms with van der Waals surface area (Å²) in [6, 6.07) is 0. The molecular weight excluding hydrogens is 152 g/mol. The zero-order chi connectivity index (χ0) is 9.12. The Bertz CT molecular complexity index is 113. The maximum atomic E-state index is 5.47. The summed E-state index contributed by atoms with van der Waals surface area (Å²) in [7, 11) is 0.848. The van der Waals surface area contributed by atoms with Crippen LogP contribution in [0.1, 0.15) is 47.5 Å². The fourth-order valence-corrected chi connectivity index (χ4v) is 0.982. The molecule has 0 unspecified atom stereocenters. The molecule has 0 aromatic rings. The summed E-state index contributed by atoms with van der Waals surface area (Å²) in [5.74, 6) is 0. The minimum atomic E-state index is 0.111. The van der Waals surface area contributed by atoms with E-state index >= 15 is 0 Å². The van der Waals surface area contributed by atoms with Crippen LogP contribution in [0.3, 0.4) is 0 Å². The first-order chi connectivity index (χ1) is 4.77. The summed E-state index contributed by atoms with van der Waals surface area (Å²) in [6.45, 7) is 11.2. The molecular formula is C9H22OSi. The molecule has 0 atom stereocenters. The molecule has 0 aromatic carbocycles. The third-order valence-electron chi connectivity index (χ3n) is 2.03. The van der Waals surface area contributed by atoms with E-state index in [0.717, 1.165) is 10.5 Å². The normalized spacial score (nSPS) is 13.9. The van der Waals surface area contributed by atoms with Crippen LogP contribution < -0.4 is 0 Å². The fourth-order valence-electron chi connectivity index (χ4n) is 0.778. The summed E-state index contributed by atoms with van der Waals surface area (Å²) >= 11 is 0. The molecule has 11 heavy (non-hydrogen) atoms. The van der Waals surface area contributed by atoms with Gasteiger partial charge in [-0.15, -0.1) is 0 Å². The lowest BCUT2D eigenvalue weighted by atomic mass is 9.86. The van der Waals surface area contributed by atoms with Crippen molar-refractivity contribution in [1.82, 2.24) is 0 Å². The van der Waals surface area contributed by atoms with E-state index in [4.69, 9.17) is 4.43 Å². The van der Waals surface area contributed by atoms with Crippen molar-refractivity contribution in [3.63, 3.8) is 0 Å². The van der Waals surface area contributed by atoms with Crippen molar-refractivity contribution in [2.24, 2.45) is 5.41 Å². The monoisotopic (exact) mass is 174 g/mol. The highest BCUT2D eigenvalue weighted by molar-refractivity contribution is 5.98. The Hall–Kier alpha value is 0.177. The second-order valence-electron chi connectivity index (χ2n) is 5.02. The molecule has 0 bridgehead atoms. The van der Waals surface area contributed by atoms with E-state index in [1.165, 1.54) is 12.8 Å². The van der Waals surface area contributed by atoms with Crippen LogP contribution in [0.15, 0.2) is 0 Å². The van der Waals surface area contributed by atoms with Gasteiger partial charge in [-0.1, -0.05) is 20.8 Å². The largest absolute Gasteiger partial charge is 0.423 e. The van der Waals surface area contributed by atoms with Gasteiger partial charge in [0.2, 0.25) is 0 Å². The van der Waals surface area contributed by atoms with Crippen molar-refractivity contribution in [2.75, 3.05) is 0 Å². The van der Waals surface area contributed by atoms with Gasteiger partial charge in [-0.05, 0) is 32.1 Å². The molecule has 0 aliphatic carbocycles. The third-order valence-corrected chi connectivity index (χ3v) is 3.13. The molecule has 68 valence electrons.